The van der Waals surface area contributed by atoms with Gasteiger partial charge in [-0.25, -0.2) is 0 Å². The third-order valence-corrected chi connectivity index (χ3v) is 4.89. The van der Waals surface area contributed by atoms with Gasteiger partial charge in [0.05, 0.1) is 12.2 Å². The van der Waals surface area contributed by atoms with Crippen LogP contribution in [0.25, 0.3) is 0 Å². The Morgan fingerprint density at radius 1 is 1.30 bits per heavy atom. The lowest BCUT2D eigenvalue weighted by Crippen LogP contribution is -2.48. The number of hydrogen-bond donors (Lipinski definition) is 0. The zero-order chi connectivity index (χ0) is 14.3. The molecule has 2 aliphatic rings. The highest BCUT2D eigenvalue weighted by molar-refractivity contribution is 6.30. The SMILES string of the molecule is CCC[C@@H]1CC[C@@H]2[C@@H](O1)c1cc(Cl)ccc1OC2(C)C. The summed E-state index contributed by atoms with van der Waals surface area (Å²) in [6.45, 7) is 6.56. The van der Waals surface area contributed by atoms with E-state index in [-0.39, 0.29) is 11.7 Å². The Kier molecular flexibility index (Phi) is 3.72. The maximum atomic E-state index is 6.41. The van der Waals surface area contributed by atoms with E-state index < -0.39 is 0 Å². The number of hydrogen-bond acceptors (Lipinski definition) is 2. The average Bonchev–Trinajstić information content (AvgIpc) is 2.40. The molecule has 1 fully saturated rings. The molecule has 1 aromatic rings. The van der Waals surface area contributed by atoms with Gasteiger partial charge in [0.1, 0.15) is 11.4 Å². The first-order valence-corrected chi connectivity index (χ1v) is 8.03. The number of benzene rings is 1. The van der Waals surface area contributed by atoms with Crippen molar-refractivity contribution in [2.24, 2.45) is 5.92 Å². The van der Waals surface area contributed by atoms with Gasteiger partial charge in [-0.1, -0.05) is 24.9 Å². The Balaban J connectivity index is 1.97. The average molecular weight is 295 g/mol. The second-order valence-electron chi connectivity index (χ2n) is 6.54. The lowest BCUT2D eigenvalue weighted by Gasteiger charge is -2.48. The second kappa shape index (κ2) is 5.23. The van der Waals surface area contributed by atoms with Gasteiger partial charge in [-0.2, -0.15) is 0 Å². The van der Waals surface area contributed by atoms with Gasteiger partial charge in [0.15, 0.2) is 0 Å². The molecule has 2 aliphatic heterocycles. The van der Waals surface area contributed by atoms with Crippen molar-refractivity contribution < 1.29 is 9.47 Å². The molecule has 3 rings (SSSR count). The van der Waals surface area contributed by atoms with E-state index in [1.54, 1.807) is 0 Å². The van der Waals surface area contributed by atoms with Crippen molar-refractivity contribution >= 4 is 11.6 Å². The molecule has 1 aromatic carbocycles. The zero-order valence-electron chi connectivity index (χ0n) is 12.5. The fraction of sp³-hybridized carbons (Fsp3) is 0.647. The third kappa shape index (κ3) is 2.44. The third-order valence-electron chi connectivity index (χ3n) is 4.66. The molecule has 0 aromatic heterocycles. The quantitative estimate of drug-likeness (QED) is 0.751. The molecule has 2 heterocycles. The van der Waals surface area contributed by atoms with Crippen LogP contribution in [0.4, 0.5) is 0 Å². The molecule has 3 heteroatoms. The first-order chi connectivity index (χ1) is 9.51. The molecule has 110 valence electrons. The van der Waals surface area contributed by atoms with Gasteiger partial charge in [0.25, 0.3) is 0 Å². The zero-order valence-corrected chi connectivity index (χ0v) is 13.2. The molecule has 1 saturated heterocycles. The van der Waals surface area contributed by atoms with Crippen LogP contribution in [0.2, 0.25) is 5.02 Å². The van der Waals surface area contributed by atoms with Gasteiger partial charge in [-0.05, 0) is 51.3 Å². The molecular weight excluding hydrogens is 272 g/mol. The van der Waals surface area contributed by atoms with Crippen LogP contribution in [-0.2, 0) is 4.74 Å². The smallest absolute Gasteiger partial charge is 0.126 e. The van der Waals surface area contributed by atoms with Crippen LogP contribution >= 0.6 is 11.6 Å². The molecule has 0 unspecified atom stereocenters. The van der Waals surface area contributed by atoms with Crippen LogP contribution in [-0.4, -0.2) is 11.7 Å². The van der Waals surface area contributed by atoms with Crippen molar-refractivity contribution in [1.29, 1.82) is 0 Å². The summed E-state index contributed by atoms with van der Waals surface area (Å²) in [4.78, 5) is 0. The van der Waals surface area contributed by atoms with Crippen LogP contribution < -0.4 is 4.74 Å². The van der Waals surface area contributed by atoms with Crippen molar-refractivity contribution in [3.63, 3.8) is 0 Å². The minimum atomic E-state index is -0.178. The number of fused-ring (bicyclic) bond motifs is 3. The van der Waals surface area contributed by atoms with Gasteiger partial charge in [0.2, 0.25) is 0 Å². The van der Waals surface area contributed by atoms with Crippen molar-refractivity contribution in [3.8, 4) is 5.75 Å². The monoisotopic (exact) mass is 294 g/mol. The summed E-state index contributed by atoms with van der Waals surface area (Å²) in [6.07, 6.45) is 5.11. The Hall–Kier alpha value is -0.730. The van der Waals surface area contributed by atoms with Gasteiger partial charge < -0.3 is 9.47 Å². The van der Waals surface area contributed by atoms with Crippen LogP contribution in [0.15, 0.2) is 18.2 Å². The molecular formula is C17H23ClO2. The summed E-state index contributed by atoms with van der Waals surface area (Å²) in [6, 6.07) is 5.88. The molecule has 0 saturated carbocycles. The predicted molar refractivity (Wildman–Crippen MR) is 81.4 cm³/mol. The summed E-state index contributed by atoms with van der Waals surface area (Å²) in [7, 11) is 0. The molecule has 0 aliphatic carbocycles. The standard InChI is InChI=1S/C17H23ClO2/c1-4-5-12-7-8-14-16(19-12)13-10-11(18)6-9-15(13)20-17(14,2)3/h6,9-10,12,14,16H,4-5,7-8H2,1-3H3/t12-,14-,16+/m1/s1. The molecule has 0 bridgehead atoms. The Labute approximate surface area is 126 Å². The highest BCUT2D eigenvalue weighted by Gasteiger charge is 2.47. The highest BCUT2D eigenvalue weighted by atomic mass is 35.5. The fourth-order valence-electron chi connectivity index (χ4n) is 3.62. The largest absolute Gasteiger partial charge is 0.487 e. The van der Waals surface area contributed by atoms with E-state index in [2.05, 4.69) is 20.8 Å². The van der Waals surface area contributed by atoms with Crippen LogP contribution in [0.1, 0.15) is 58.1 Å². The summed E-state index contributed by atoms with van der Waals surface area (Å²) < 4.78 is 12.6. The highest BCUT2D eigenvalue weighted by Crippen LogP contribution is 2.51. The summed E-state index contributed by atoms with van der Waals surface area (Å²) in [5, 5.41) is 0.757. The van der Waals surface area contributed by atoms with Crippen LogP contribution in [0, 0.1) is 5.92 Å². The number of halogens is 1. The minimum absolute atomic E-state index is 0.123. The van der Waals surface area contributed by atoms with Gasteiger partial charge >= 0.3 is 0 Å². The van der Waals surface area contributed by atoms with E-state index >= 15 is 0 Å². The molecule has 0 spiro atoms. The molecule has 3 atom stereocenters. The van der Waals surface area contributed by atoms with Crippen molar-refractivity contribution in [1.82, 2.24) is 0 Å². The molecule has 20 heavy (non-hydrogen) atoms. The predicted octanol–water partition coefficient (Wildman–Crippen LogP) is 5.15. The van der Waals surface area contributed by atoms with Crippen LogP contribution in [0.3, 0.4) is 0 Å². The lowest BCUT2D eigenvalue weighted by atomic mass is 9.75. The first kappa shape index (κ1) is 14.2. The minimum Gasteiger partial charge on any atom is -0.487 e. The van der Waals surface area contributed by atoms with Crippen molar-refractivity contribution in [2.75, 3.05) is 0 Å². The van der Waals surface area contributed by atoms with Crippen molar-refractivity contribution in [3.05, 3.63) is 28.8 Å². The molecule has 0 amide bonds. The topological polar surface area (TPSA) is 18.5 Å². The summed E-state index contributed by atoms with van der Waals surface area (Å²) in [5.74, 6) is 1.33. The van der Waals surface area contributed by atoms with E-state index in [1.165, 1.54) is 6.42 Å². The summed E-state index contributed by atoms with van der Waals surface area (Å²) in [5.41, 5.74) is 0.950. The normalized spacial score (nSPS) is 31.1. The van der Waals surface area contributed by atoms with E-state index in [0.717, 1.165) is 35.6 Å². The van der Waals surface area contributed by atoms with E-state index in [0.29, 0.717) is 12.0 Å². The Bertz CT molecular complexity index is 498. The maximum Gasteiger partial charge on any atom is 0.126 e. The van der Waals surface area contributed by atoms with Gasteiger partial charge in [0, 0.05) is 16.5 Å². The molecule has 2 nitrogen and oxygen atoms in total. The van der Waals surface area contributed by atoms with E-state index in [1.807, 2.05) is 18.2 Å². The number of ether oxygens (including phenoxy) is 2. The Morgan fingerprint density at radius 2 is 2.10 bits per heavy atom. The van der Waals surface area contributed by atoms with Gasteiger partial charge in [-0.15, -0.1) is 0 Å². The number of rotatable bonds is 2. The molecule has 0 radical (unpaired) electrons. The fourth-order valence-corrected chi connectivity index (χ4v) is 3.80. The first-order valence-electron chi connectivity index (χ1n) is 7.65. The van der Waals surface area contributed by atoms with Gasteiger partial charge in [-0.3, -0.25) is 0 Å². The summed E-state index contributed by atoms with van der Waals surface area (Å²) >= 11 is 6.17. The van der Waals surface area contributed by atoms with Crippen molar-refractivity contribution in [2.45, 2.75) is 64.3 Å². The van der Waals surface area contributed by atoms with Crippen LogP contribution in [0.5, 0.6) is 5.75 Å². The van der Waals surface area contributed by atoms with E-state index in [4.69, 9.17) is 21.1 Å². The molecule has 0 N–H and O–H groups in total. The second-order valence-corrected chi connectivity index (χ2v) is 6.98. The lowest BCUT2D eigenvalue weighted by molar-refractivity contribution is -0.151. The maximum absolute atomic E-state index is 6.41. The van der Waals surface area contributed by atoms with E-state index in [9.17, 15) is 0 Å². The Morgan fingerprint density at radius 3 is 2.85 bits per heavy atom.